The number of hydrogen-bond acceptors (Lipinski definition) is 4. The van der Waals surface area contributed by atoms with E-state index in [-0.39, 0.29) is 21.6 Å². The van der Waals surface area contributed by atoms with Crippen LogP contribution in [0.25, 0.3) is 0 Å². The molecule has 0 unspecified atom stereocenters. The van der Waals surface area contributed by atoms with E-state index < -0.39 is 0 Å². The van der Waals surface area contributed by atoms with Gasteiger partial charge in [0.25, 0.3) is 0 Å². The van der Waals surface area contributed by atoms with Crippen LogP contribution in [0.1, 0.15) is 52.2 Å². The molecule has 0 saturated heterocycles. The van der Waals surface area contributed by atoms with Gasteiger partial charge in [-0.2, -0.15) is 0 Å². The van der Waals surface area contributed by atoms with Crippen molar-refractivity contribution in [3.63, 3.8) is 0 Å². The maximum Gasteiger partial charge on any atom is 0.190 e. The van der Waals surface area contributed by atoms with Crippen molar-refractivity contribution >= 4 is 22.7 Å². The van der Waals surface area contributed by atoms with Crippen molar-refractivity contribution < 1.29 is 14.0 Å². The van der Waals surface area contributed by atoms with E-state index in [0.717, 1.165) is 0 Å². The first-order chi connectivity index (χ1) is 8.28. The molecule has 0 fully saturated rings. The number of carbonyl (C=O) groups excluding carboxylic acids is 2. The fraction of sp³-hybridized carbons (Fsp3) is 0.571. The average Bonchev–Trinajstić information content (AvgIpc) is 2.64. The normalized spacial score (nSPS) is 13.3. The van der Waals surface area contributed by atoms with E-state index in [9.17, 15) is 9.59 Å². The molecule has 0 aliphatic rings. The molecule has 0 bridgehead atoms. The zero-order chi connectivity index (χ0) is 13.8. The van der Waals surface area contributed by atoms with E-state index in [1.165, 1.54) is 18.7 Å². The van der Waals surface area contributed by atoms with E-state index in [1.54, 1.807) is 12.3 Å². The minimum atomic E-state index is -0.139. The predicted molar refractivity (Wildman–Crippen MR) is 73.7 cm³/mol. The zero-order valence-corrected chi connectivity index (χ0v) is 12.2. The smallest absolute Gasteiger partial charge is 0.190 e. The zero-order valence-electron chi connectivity index (χ0n) is 11.4. The van der Waals surface area contributed by atoms with Gasteiger partial charge in [0.15, 0.2) is 5.12 Å². The van der Waals surface area contributed by atoms with Gasteiger partial charge in [0.1, 0.15) is 11.5 Å². The summed E-state index contributed by atoms with van der Waals surface area (Å²) in [5.41, 5.74) is 0. The Kier molecular flexibility index (Phi) is 5.20. The SMILES string of the molecule is CC(=O)C[C@@H](CC(=O)SC(C)(C)C)c1ccco1. The summed E-state index contributed by atoms with van der Waals surface area (Å²) in [5.74, 6) is 0.651. The first kappa shape index (κ1) is 15.0. The van der Waals surface area contributed by atoms with Crippen LogP contribution < -0.4 is 0 Å². The van der Waals surface area contributed by atoms with Crippen molar-refractivity contribution in [1.29, 1.82) is 0 Å². The molecule has 0 aliphatic heterocycles. The minimum Gasteiger partial charge on any atom is -0.469 e. The highest BCUT2D eigenvalue weighted by molar-refractivity contribution is 8.14. The van der Waals surface area contributed by atoms with Gasteiger partial charge in [-0.25, -0.2) is 0 Å². The molecule has 0 spiro atoms. The Bertz CT molecular complexity index is 401. The molecule has 0 saturated carbocycles. The van der Waals surface area contributed by atoms with Crippen LogP contribution in [0.2, 0.25) is 0 Å². The second-order valence-corrected chi connectivity index (χ2v) is 7.29. The molecular weight excluding hydrogens is 248 g/mol. The van der Waals surface area contributed by atoms with Crippen LogP contribution in [-0.2, 0) is 9.59 Å². The summed E-state index contributed by atoms with van der Waals surface area (Å²) in [4.78, 5) is 23.2. The number of rotatable bonds is 5. The largest absolute Gasteiger partial charge is 0.469 e. The quantitative estimate of drug-likeness (QED) is 0.815. The van der Waals surface area contributed by atoms with Gasteiger partial charge in [-0.15, -0.1) is 0 Å². The van der Waals surface area contributed by atoms with E-state index in [1.807, 2.05) is 26.8 Å². The average molecular weight is 268 g/mol. The minimum absolute atomic E-state index is 0.0740. The lowest BCUT2D eigenvalue weighted by Gasteiger charge is -2.18. The molecule has 100 valence electrons. The van der Waals surface area contributed by atoms with Crippen molar-refractivity contribution in [1.82, 2.24) is 0 Å². The lowest BCUT2D eigenvalue weighted by molar-refractivity contribution is -0.117. The molecule has 0 radical (unpaired) electrons. The molecular formula is C14H20O3S. The summed E-state index contributed by atoms with van der Waals surface area (Å²) in [6.07, 6.45) is 2.27. The third-order valence-electron chi connectivity index (χ3n) is 2.31. The summed E-state index contributed by atoms with van der Waals surface area (Å²) in [6, 6.07) is 3.60. The number of thioether (sulfide) groups is 1. The van der Waals surface area contributed by atoms with E-state index in [2.05, 4.69) is 0 Å². The monoisotopic (exact) mass is 268 g/mol. The van der Waals surface area contributed by atoms with Crippen LogP contribution in [0.5, 0.6) is 0 Å². The van der Waals surface area contributed by atoms with Crippen molar-refractivity contribution in [2.45, 2.75) is 51.2 Å². The van der Waals surface area contributed by atoms with E-state index in [4.69, 9.17) is 4.42 Å². The Labute approximate surface area is 112 Å². The van der Waals surface area contributed by atoms with Gasteiger partial charge in [-0.05, 0) is 19.1 Å². The molecule has 18 heavy (non-hydrogen) atoms. The van der Waals surface area contributed by atoms with Crippen LogP contribution in [0.15, 0.2) is 22.8 Å². The highest BCUT2D eigenvalue weighted by atomic mass is 32.2. The standard InChI is InChI=1S/C14H20O3S/c1-10(15)8-11(12-6-5-7-17-12)9-13(16)18-14(2,3)4/h5-7,11H,8-9H2,1-4H3/t11-/m0/s1. The predicted octanol–water partition coefficient (Wildman–Crippen LogP) is 3.79. The van der Waals surface area contributed by atoms with Gasteiger partial charge in [0.05, 0.1) is 6.26 Å². The summed E-state index contributed by atoms with van der Waals surface area (Å²) in [5, 5.41) is 0.102. The third kappa shape index (κ3) is 5.54. The highest BCUT2D eigenvalue weighted by Gasteiger charge is 2.24. The van der Waals surface area contributed by atoms with Crippen molar-refractivity contribution in [3.8, 4) is 0 Å². The summed E-state index contributed by atoms with van der Waals surface area (Å²) in [6.45, 7) is 7.55. The summed E-state index contributed by atoms with van der Waals surface area (Å²) in [7, 11) is 0. The topological polar surface area (TPSA) is 47.3 Å². The molecule has 3 nitrogen and oxygen atoms in total. The molecule has 0 aromatic carbocycles. The summed E-state index contributed by atoms with van der Waals surface area (Å²) < 4.78 is 5.22. The lowest BCUT2D eigenvalue weighted by atomic mass is 9.97. The van der Waals surface area contributed by atoms with Crippen molar-refractivity contribution in [2.75, 3.05) is 0 Å². The van der Waals surface area contributed by atoms with Gasteiger partial charge in [0, 0.05) is 23.5 Å². The maximum absolute atomic E-state index is 12.0. The Balaban J connectivity index is 2.68. The molecule has 1 aromatic rings. The van der Waals surface area contributed by atoms with Gasteiger partial charge >= 0.3 is 0 Å². The number of furan rings is 1. The second-order valence-electron chi connectivity index (χ2n) is 5.41. The first-order valence-electron chi connectivity index (χ1n) is 6.02. The van der Waals surface area contributed by atoms with Gasteiger partial charge in [-0.3, -0.25) is 4.79 Å². The number of Topliss-reactive ketones (excluding diaryl/α,β-unsaturated/α-hetero) is 1. The highest BCUT2D eigenvalue weighted by Crippen LogP contribution is 2.31. The van der Waals surface area contributed by atoms with Gasteiger partial charge < -0.3 is 9.21 Å². The molecule has 1 aromatic heterocycles. The van der Waals surface area contributed by atoms with Crippen LogP contribution in [0.4, 0.5) is 0 Å². The van der Waals surface area contributed by atoms with Gasteiger partial charge in [-0.1, -0.05) is 32.5 Å². The van der Waals surface area contributed by atoms with Crippen LogP contribution in [0.3, 0.4) is 0 Å². The molecule has 0 aliphatic carbocycles. The molecule has 0 N–H and O–H groups in total. The molecule has 1 atom stereocenters. The van der Waals surface area contributed by atoms with Crippen LogP contribution in [0, 0.1) is 0 Å². The molecule has 1 heterocycles. The molecule has 0 amide bonds. The Morgan fingerprint density at radius 2 is 2.00 bits per heavy atom. The van der Waals surface area contributed by atoms with Crippen molar-refractivity contribution in [2.24, 2.45) is 0 Å². The van der Waals surface area contributed by atoms with E-state index in [0.29, 0.717) is 18.6 Å². The Morgan fingerprint density at radius 1 is 1.33 bits per heavy atom. The second kappa shape index (κ2) is 6.23. The molecule has 1 rings (SSSR count). The lowest BCUT2D eigenvalue weighted by Crippen LogP contribution is -2.15. The third-order valence-corrected chi connectivity index (χ3v) is 3.32. The van der Waals surface area contributed by atoms with Crippen LogP contribution >= 0.6 is 11.8 Å². The van der Waals surface area contributed by atoms with Crippen LogP contribution in [-0.4, -0.2) is 15.6 Å². The number of carbonyl (C=O) groups is 2. The first-order valence-corrected chi connectivity index (χ1v) is 6.84. The fourth-order valence-corrected chi connectivity index (χ4v) is 2.70. The number of hydrogen-bond donors (Lipinski definition) is 0. The fourth-order valence-electron chi connectivity index (χ4n) is 1.73. The van der Waals surface area contributed by atoms with Crippen molar-refractivity contribution in [3.05, 3.63) is 24.2 Å². The van der Waals surface area contributed by atoms with E-state index >= 15 is 0 Å². The Morgan fingerprint density at radius 3 is 2.44 bits per heavy atom. The Hall–Kier alpha value is -1.03. The van der Waals surface area contributed by atoms with Gasteiger partial charge in [0.2, 0.25) is 0 Å². The summed E-state index contributed by atoms with van der Waals surface area (Å²) >= 11 is 1.32. The molecule has 4 heteroatoms. The maximum atomic E-state index is 12.0. The number of ketones is 1.